The van der Waals surface area contributed by atoms with E-state index in [1.807, 2.05) is 20.8 Å². The molecular formula is C12H24O4. The third-order valence-electron chi connectivity index (χ3n) is 3.10. The molecule has 96 valence electrons. The molecule has 0 rings (SSSR count). The summed E-state index contributed by atoms with van der Waals surface area (Å²) < 4.78 is 4.98. The van der Waals surface area contributed by atoms with E-state index in [9.17, 15) is 4.79 Å². The zero-order valence-corrected chi connectivity index (χ0v) is 10.7. The highest BCUT2D eigenvalue weighted by Gasteiger charge is 2.35. The molecule has 16 heavy (non-hydrogen) atoms. The molecule has 0 aliphatic rings. The molecule has 4 nitrogen and oxygen atoms in total. The summed E-state index contributed by atoms with van der Waals surface area (Å²) in [5, 5.41) is 17.7. The van der Waals surface area contributed by atoms with Gasteiger partial charge in [0, 0.05) is 0 Å². The average Bonchev–Trinajstić information content (AvgIpc) is 2.25. The second-order valence-electron chi connectivity index (χ2n) is 4.85. The molecule has 0 aliphatic carbocycles. The van der Waals surface area contributed by atoms with Gasteiger partial charge in [-0.05, 0) is 26.2 Å². The number of aliphatic hydroxyl groups excluding tert-OH is 2. The van der Waals surface area contributed by atoms with E-state index in [1.54, 1.807) is 0 Å². The van der Waals surface area contributed by atoms with Gasteiger partial charge in [-0.2, -0.15) is 0 Å². The third-order valence-corrected chi connectivity index (χ3v) is 3.10. The minimum absolute atomic E-state index is 0.141. The highest BCUT2D eigenvalue weighted by atomic mass is 16.5. The molecule has 4 heteroatoms. The second kappa shape index (κ2) is 6.86. The van der Waals surface area contributed by atoms with E-state index in [0.29, 0.717) is 0 Å². The molecule has 0 saturated heterocycles. The Morgan fingerprint density at radius 1 is 1.44 bits per heavy atom. The van der Waals surface area contributed by atoms with Crippen molar-refractivity contribution < 1.29 is 19.7 Å². The number of hydrogen-bond acceptors (Lipinski definition) is 4. The van der Waals surface area contributed by atoms with Crippen LogP contribution in [0.5, 0.6) is 0 Å². The molecule has 0 aromatic rings. The first-order valence-corrected chi connectivity index (χ1v) is 5.82. The van der Waals surface area contributed by atoms with Gasteiger partial charge in [0.05, 0.1) is 12.0 Å². The maximum atomic E-state index is 11.8. The molecule has 0 aromatic carbocycles. The summed E-state index contributed by atoms with van der Waals surface area (Å²) in [4.78, 5) is 11.8. The first-order chi connectivity index (χ1) is 7.36. The van der Waals surface area contributed by atoms with Gasteiger partial charge in [0.2, 0.25) is 0 Å². The Morgan fingerprint density at radius 2 is 2.00 bits per heavy atom. The average molecular weight is 232 g/mol. The first kappa shape index (κ1) is 15.4. The minimum atomic E-state index is -0.985. The predicted molar refractivity (Wildman–Crippen MR) is 61.9 cm³/mol. The van der Waals surface area contributed by atoms with Crippen LogP contribution in [0, 0.1) is 11.3 Å². The Bertz CT molecular complexity index is 213. The van der Waals surface area contributed by atoms with Crippen LogP contribution >= 0.6 is 0 Å². The lowest BCUT2D eigenvalue weighted by molar-refractivity contribution is -0.160. The highest BCUT2D eigenvalue weighted by Crippen LogP contribution is 2.31. The van der Waals surface area contributed by atoms with E-state index in [4.69, 9.17) is 14.9 Å². The van der Waals surface area contributed by atoms with Crippen LogP contribution in [0.15, 0.2) is 0 Å². The Labute approximate surface area is 97.6 Å². The Balaban J connectivity index is 4.23. The molecule has 0 fully saturated rings. The van der Waals surface area contributed by atoms with Gasteiger partial charge < -0.3 is 14.9 Å². The summed E-state index contributed by atoms with van der Waals surface area (Å²) in [5.74, 6) is -0.0859. The van der Waals surface area contributed by atoms with Gasteiger partial charge in [0.25, 0.3) is 0 Å². The zero-order valence-electron chi connectivity index (χ0n) is 10.7. The SMILES string of the molecule is CCCC(C)C(C)(C)C(=O)OCC(O)CO. The van der Waals surface area contributed by atoms with E-state index >= 15 is 0 Å². The van der Waals surface area contributed by atoms with E-state index < -0.39 is 18.1 Å². The maximum Gasteiger partial charge on any atom is 0.311 e. The number of ether oxygens (including phenoxy) is 1. The van der Waals surface area contributed by atoms with Crippen LogP contribution in [0.25, 0.3) is 0 Å². The van der Waals surface area contributed by atoms with Gasteiger partial charge in [0.1, 0.15) is 12.7 Å². The lowest BCUT2D eigenvalue weighted by Gasteiger charge is -2.29. The summed E-state index contributed by atoms with van der Waals surface area (Å²) in [6.07, 6.45) is 1.00. The van der Waals surface area contributed by atoms with Gasteiger partial charge in [-0.3, -0.25) is 4.79 Å². The molecule has 0 amide bonds. The van der Waals surface area contributed by atoms with Crippen molar-refractivity contribution >= 4 is 5.97 Å². The number of esters is 1. The number of carbonyl (C=O) groups excluding carboxylic acids is 1. The second-order valence-corrected chi connectivity index (χ2v) is 4.85. The van der Waals surface area contributed by atoms with Crippen molar-refractivity contribution in [3.05, 3.63) is 0 Å². The number of rotatable bonds is 7. The zero-order chi connectivity index (χ0) is 12.8. The van der Waals surface area contributed by atoms with Crippen molar-refractivity contribution in [2.75, 3.05) is 13.2 Å². The van der Waals surface area contributed by atoms with Crippen LogP contribution in [0.3, 0.4) is 0 Å². The molecule has 0 radical (unpaired) electrons. The fraction of sp³-hybridized carbons (Fsp3) is 0.917. The minimum Gasteiger partial charge on any atom is -0.462 e. The van der Waals surface area contributed by atoms with Crippen molar-refractivity contribution in [2.45, 2.75) is 46.6 Å². The van der Waals surface area contributed by atoms with Gasteiger partial charge in [0.15, 0.2) is 0 Å². The van der Waals surface area contributed by atoms with Gasteiger partial charge in [-0.25, -0.2) is 0 Å². The molecule has 0 heterocycles. The monoisotopic (exact) mass is 232 g/mol. The highest BCUT2D eigenvalue weighted by molar-refractivity contribution is 5.76. The standard InChI is InChI=1S/C12H24O4/c1-5-6-9(2)12(3,4)11(15)16-8-10(14)7-13/h9-10,13-14H,5-8H2,1-4H3. The fourth-order valence-electron chi connectivity index (χ4n) is 1.41. The molecule has 0 spiro atoms. The van der Waals surface area contributed by atoms with E-state index in [-0.39, 0.29) is 18.5 Å². The van der Waals surface area contributed by atoms with Crippen LogP contribution < -0.4 is 0 Å². The third kappa shape index (κ3) is 4.49. The molecule has 0 saturated carbocycles. The molecule has 2 N–H and O–H groups in total. The summed E-state index contributed by atoms with van der Waals surface area (Å²) in [5.41, 5.74) is -0.550. The Kier molecular flexibility index (Phi) is 6.60. The van der Waals surface area contributed by atoms with Crippen LogP contribution in [0.1, 0.15) is 40.5 Å². The topological polar surface area (TPSA) is 66.8 Å². The van der Waals surface area contributed by atoms with Crippen LogP contribution in [0.4, 0.5) is 0 Å². The maximum absolute atomic E-state index is 11.8. The van der Waals surface area contributed by atoms with E-state index in [1.165, 1.54) is 0 Å². The summed E-state index contributed by atoms with van der Waals surface area (Å²) >= 11 is 0. The van der Waals surface area contributed by atoms with Crippen molar-refractivity contribution in [1.29, 1.82) is 0 Å². The first-order valence-electron chi connectivity index (χ1n) is 5.82. The van der Waals surface area contributed by atoms with E-state index in [2.05, 4.69) is 6.92 Å². The molecule has 0 aliphatic heterocycles. The molecule has 2 unspecified atom stereocenters. The summed E-state index contributed by atoms with van der Waals surface area (Å²) in [6.45, 7) is 7.26. The number of carbonyl (C=O) groups is 1. The largest absolute Gasteiger partial charge is 0.462 e. The van der Waals surface area contributed by atoms with Crippen molar-refractivity contribution in [3.8, 4) is 0 Å². The Hall–Kier alpha value is -0.610. The normalized spacial score (nSPS) is 15.6. The van der Waals surface area contributed by atoms with Crippen molar-refractivity contribution in [3.63, 3.8) is 0 Å². The molecule has 0 bridgehead atoms. The van der Waals surface area contributed by atoms with Crippen LogP contribution in [0.2, 0.25) is 0 Å². The summed E-state index contributed by atoms with van der Waals surface area (Å²) in [7, 11) is 0. The summed E-state index contributed by atoms with van der Waals surface area (Å²) in [6, 6.07) is 0. The lowest BCUT2D eigenvalue weighted by atomic mass is 9.78. The van der Waals surface area contributed by atoms with Crippen molar-refractivity contribution in [1.82, 2.24) is 0 Å². The number of aliphatic hydroxyl groups is 2. The quantitative estimate of drug-likeness (QED) is 0.650. The van der Waals surface area contributed by atoms with Gasteiger partial charge >= 0.3 is 5.97 Å². The smallest absolute Gasteiger partial charge is 0.311 e. The van der Waals surface area contributed by atoms with E-state index in [0.717, 1.165) is 12.8 Å². The van der Waals surface area contributed by atoms with Gasteiger partial charge in [-0.15, -0.1) is 0 Å². The Morgan fingerprint density at radius 3 is 2.44 bits per heavy atom. The van der Waals surface area contributed by atoms with Crippen molar-refractivity contribution in [2.24, 2.45) is 11.3 Å². The van der Waals surface area contributed by atoms with Crippen LogP contribution in [-0.4, -0.2) is 35.5 Å². The number of hydrogen-bond donors (Lipinski definition) is 2. The lowest BCUT2D eigenvalue weighted by Crippen LogP contribution is -2.35. The molecule has 2 atom stereocenters. The fourth-order valence-corrected chi connectivity index (χ4v) is 1.41. The van der Waals surface area contributed by atoms with Crippen LogP contribution in [-0.2, 0) is 9.53 Å². The van der Waals surface area contributed by atoms with Gasteiger partial charge in [-0.1, -0.05) is 20.3 Å². The molecule has 0 aromatic heterocycles. The molecular weight excluding hydrogens is 208 g/mol. The predicted octanol–water partition coefficient (Wildman–Crippen LogP) is 1.35.